The van der Waals surface area contributed by atoms with E-state index in [2.05, 4.69) is 6.92 Å². The van der Waals surface area contributed by atoms with E-state index in [1.165, 1.54) is 7.11 Å². The second-order valence-corrected chi connectivity index (χ2v) is 7.65. The molecule has 0 spiro atoms. The van der Waals surface area contributed by atoms with Crippen molar-refractivity contribution in [2.24, 2.45) is 11.7 Å². The minimum absolute atomic E-state index is 0.135. The van der Waals surface area contributed by atoms with Gasteiger partial charge in [0, 0.05) is 19.1 Å². The average Bonchev–Trinajstić information content (AvgIpc) is 2.46. The first-order valence-corrected chi connectivity index (χ1v) is 8.70. The fourth-order valence-corrected chi connectivity index (χ4v) is 4.78. The predicted molar refractivity (Wildman–Crippen MR) is 82.9 cm³/mol. The lowest BCUT2D eigenvalue weighted by Gasteiger charge is -2.37. The first kappa shape index (κ1) is 16.3. The van der Waals surface area contributed by atoms with Crippen molar-refractivity contribution in [3.63, 3.8) is 0 Å². The maximum Gasteiger partial charge on any atom is 0.247 e. The van der Waals surface area contributed by atoms with Gasteiger partial charge in [0.2, 0.25) is 10.0 Å². The molecule has 1 heterocycles. The van der Waals surface area contributed by atoms with Gasteiger partial charge in [0.1, 0.15) is 10.6 Å². The van der Waals surface area contributed by atoms with Gasteiger partial charge in [-0.05, 0) is 43.4 Å². The van der Waals surface area contributed by atoms with Crippen LogP contribution in [0.5, 0.6) is 5.75 Å². The quantitative estimate of drug-likeness (QED) is 0.919. The molecule has 1 fully saturated rings. The van der Waals surface area contributed by atoms with Crippen LogP contribution in [0, 0.1) is 12.8 Å². The van der Waals surface area contributed by atoms with E-state index in [9.17, 15) is 8.42 Å². The van der Waals surface area contributed by atoms with E-state index in [0.717, 1.165) is 18.4 Å². The number of aryl methyl sites for hydroxylation is 1. The highest BCUT2D eigenvalue weighted by Crippen LogP contribution is 2.32. The van der Waals surface area contributed by atoms with Crippen LogP contribution in [0.25, 0.3) is 0 Å². The van der Waals surface area contributed by atoms with Crippen molar-refractivity contribution >= 4 is 10.0 Å². The molecule has 21 heavy (non-hydrogen) atoms. The molecule has 1 saturated heterocycles. The number of methoxy groups -OCH3 is 1. The summed E-state index contributed by atoms with van der Waals surface area (Å²) in [6.45, 7) is 4.87. The fourth-order valence-electron chi connectivity index (χ4n) is 2.87. The number of hydrogen-bond donors (Lipinski definition) is 1. The molecule has 0 radical (unpaired) electrons. The SMILES string of the molecule is COc1ccc(C)cc1S(=O)(=O)N1CCC(C)CC1CN. The molecule has 2 unspecified atom stereocenters. The number of nitrogens with zero attached hydrogens (tertiary/aromatic N) is 1. The van der Waals surface area contributed by atoms with E-state index >= 15 is 0 Å². The summed E-state index contributed by atoms with van der Waals surface area (Å²) in [5.74, 6) is 0.888. The molecule has 0 bridgehead atoms. The van der Waals surface area contributed by atoms with Crippen LogP contribution in [0.2, 0.25) is 0 Å². The molecule has 2 N–H and O–H groups in total. The lowest BCUT2D eigenvalue weighted by atomic mass is 9.94. The standard InChI is InChI=1S/C15H24N2O3S/c1-11-4-5-14(20-3)15(9-11)21(18,19)17-7-6-12(2)8-13(17)10-16/h4-5,9,12-13H,6-8,10,16H2,1-3H3. The molecule has 1 aromatic carbocycles. The summed E-state index contributed by atoms with van der Waals surface area (Å²) in [7, 11) is -2.10. The maximum absolute atomic E-state index is 13.0. The van der Waals surface area contributed by atoms with Crippen LogP contribution >= 0.6 is 0 Å². The Hall–Kier alpha value is -1.11. The molecular weight excluding hydrogens is 288 g/mol. The Morgan fingerprint density at radius 3 is 2.76 bits per heavy atom. The van der Waals surface area contributed by atoms with Gasteiger partial charge in [-0.2, -0.15) is 4.31 Å². The van der Waals surface area contributed by atoms with Gasteiger partial charge >= 0.3 is 0 Å². The second kappa shape index (κ2) is 6.34. The van der Waals surface area contributed by atoms with E-state index in [-0.39, 0.29) is 10.9 Å². The van der Waals surface area contributed by atoms with E-state index in [1.54, 1.807) is 16.4 Å². The maximum atomic E-state index is 13.0. The molecule has 1 aromatic rings. The van der Waals surface area contributed by atoms with E-state index in [1.807, 2.05) is 13.0 Å². The lowest BCUT2D eigenvalue weighted by molar-refractivity contribution is 0.210. The molecule has 118 valence electrons. The van der Waals surface area contributed by atoms with Gasteiger partial charge in [0.25, 0.3) is 0 Å². The highest BCUT2D eigenvalue weighted by molar-refractivity contribution is 7.89. The molecule has 1 aliphatic heterocycles. The highest BCUT2D eigenvalue weighted by atomic mass is 32.2. The van der Waals surface area contributed by atoms with Crippen molar-refractivity contribution in [1.82, 2.24) is 4.31 Å². The van der Waals surface area contributed by atoms with Gasteiger partial charge < -0.3 is 10.5 Å². The van der Waals surface area contributed by atoms with Crippen LogP contribution < -0.4 is 10.5 Å². The Morgan fingerprint density at radius 2 is 2.14 bits per heavy atom. The van der Waals surface area contributed by atoms with Crippen LogP contribution in [0.3, 0.4) is 0 Å². The molecule has 0 aromatic heterocycles. The molecule has 1 aliphatic rings. The van der Waals surface area contributed by atoms with Gasteiger partial charge in [0.05, 0.1) is 7.11 Å². The third-order valence-electron chi connectivity index (χ3n) is 4.10. The largest absolute Gasteiger partial charge is 0.495 e. The first-order valence-electron chi connectivity index (χ1n) is 7.26. The van der Waals surface area contributed by atoms with Crippen LogP contribution in [0.4, 0.5) is 0 Å². The lowest BCUT2D eigenvalue weighted by Crippen LogP contribution is -2.49. The Balaban J connectivity index is 2.44. The zero-order valence-electron chi connectivity index (χ0n) is 12.9. The van der Waals surface area contributed by atoms with Crippen molar-refractivity contribution in [2.45, 2.75) is 37.6 Å². The van der Waals surface area contributed by atoms with Crippen molar-refractivity contribution in [3.05, 3.63) is 23.8 Å². The average molecular weight is 312 g/mol. The zero-order valence-corrected chi connectivity index (χ0v) is 13.7. The molecule has 0 saturated carbocycles. The monoisotopic (exact) mass is 312 g/mol. The predicted octanol–water partition coefficient (Wildman–Crippen LogP) is 1.75. The number of sulfonamides is 1. The fraction of sp³-hybridized carbons (Fsp3) is 0.600. The molecule has 0 amide bonds. The highest BCUT2D eigenvalue weighted by Gasteiger charge is 2.36. The third-order valence-corrected chi connectivity index (χ3v) is 6.07. The van der Waals surface area contributed by atoms with Gasteiger partial charge in [-0.25, -0.2) is 8.42 Å². The smallest absolute Gasteiger partial charge is 0.247 e. The number of nitrogens with two attached hydrogens (primary N) is 1. The summed E-state index contributed by atoms with van der Waals surface area (Å²) >= 11 is 0. The molecular formula is C15H24N2O3S. The Morgan fingerprint density at radius 1 is 1.43 bits per heavy atom. The number of rotatable bonds is 4. The molecule has 6 heteroatoms. The third kappa shape index (κ3) is 3.22. The molecule has 0 aliphatic carbocycles. The summed E-state index contributed by atoms with van der Waals surface area (Å²) in [6.07, 6.45) is 1.67. The Labute approximate surface area is 127 Å². The van der Waals surface area contributed by atoms with Gasteiger partial charge in [-0.3, -0.25) is 0 Å². The summed E-state index contributed by atoms with van der Waals surface area (Å²) in [4.78, 5) is 0.234. The summed E-state index contributed by atoms with van der Waals surface area (Å²) in [5, 5.41) is 0. The van der Waals surface area contributed by atoms with Crippen LogP contribution in [0.1, 0.15) is 25.3 Å². The van der Waals surface area contributed by atoms with E-state index < -0.39 is 10.0 Å². The van der Waals surface area contributed by atoms with Crippen molar-refractivity contribution in [3.8, 4) is 5.75 Å². The van der Waals surface area contributed by atoms with Gasteiger partial charge in [-0.1, -0.05) is 13.0 Å². The first-order chi connectivity index (χ1) is 9.90. The second-order valence-electron chi connectivity index (χ2n) is 5.79. The van der Waals surface area contributed by atoms with Crippen molar-refractivity contribution in [1.29, 1.82) is 0 Å². The van der Waals surface area contributed by atoms with Gasteiger partial charge in [-0.15, -0.1) is 0 Å². The molecule has 5 nitrogen and oxygen atoms in total. The summed E-state index contributed by atoms with van der Waals surface area (Å²) < 4.78 is 32.7. The van der Waals surface area contributed by atoms with E-state index in [4.69, 9.17) is 10.5 Å². The van der Waals surface area contributed by atoms with E-state index in [0.29, 0.717) is 24.8 Å². The minimum atomic E-state index is -3.58. The van der Waals surface area contributed by atoms with Gasteiger partial charge in [0.15, 0.2) is 0 Å². The number of benzene rings is 1. The minimum Gasteiger partial charge on any atom is -0.495 e. The zero-order chi connectivity index (χ0) is 15.6. The number of ether oxygens (including phenoxy) is 1. The molecule has 2 rings (SSSR count). The van der Waals surface area contributed by atoms with Crippen molar-refractivity contribution in [2.75, 3.05) is 20.2 Å². The number of piperidine rings is 1. The topological polar surface area (TPSA) is 72.6 Å². The van der Waals surface area contributed by atoms with Crippen LogP contribution in [-0.2, 0) is 10.0 Å². The van der Waals surface area contributed by atoms with Crippen LogP contribution in [0.15, 0.2) is 23.1 Å². The normalized spacial score (nSPS) is 24.0. The Bertz CT molecular complexity index is 601. The van der Waals surface area contributed by atoms with Crippen molar-refractivity contribution < 1.29 is 13.2 Å². The summed E-state index contributed by atoms with van der Waals surface area (Å²) in [5.41, 5.74) is 6.69. The Kier molecular flexibility index (Phi) is 4.91. The molecule has 2 atom stereocenters. The summed E-state index contributed by atoms with van der Waals surface area (Å²) in [6, 6.07) is 5.08. The van der Waals surface area contributed by atoms with Crippen LogP contribution in [-0.4, -0.2) is 39.0 Å². The number of hydrogen-bond acceptors (Lipinski definition) is 4.